The molecule has 1 aliphatic rings. The first-order chi connectivity index (χ1) is 11.9. The number of carbonyl (C=O) groups excluding carboxylic acids is 3. The van der Waals surface area contributed by atoms with E-state index in [0.717, 1.165) is 12.0 Å². The smallest absolute Gasteiger partial charge is 0.251 e. The standard InChI is InChI=1S/C19H27N3O3/c1-4-13(3)21-19(25)15-8-6-14(7-9-15)11-20-18(24)16-10-17(23)22(5-2)12-16/h6-9,13,16H,4-5,10-12H2,1-3H3,(H,20,24)(H,21,25)/t13-,16+/m1/s1. The first-order valence-corrected chi connectivity index (χ1v) is 8.89. The molecule has 0 aromatic heterocycles. The third kappa shape index (κ3) is 5.05. The van der Waals surface area contributed by atoms with Crippen LogP contribution in [0.4, 0.5) is 0 Å². The Kier molecular flexibility index (Phi) is 6.56. The highest BCUT2D eigenvalue weighted by atomic mass is 16.2. The van der Waals surface area contributed by atoms with Crippen LogP contribution in [0.2, 0.25) is 0 Å². The van der Waals surface area contributed by atoms with Crippen molar-refractivity contribution >= 4 is 17.7 Å². The Hall–Kier alpha value is -2.37. The third-order valence-corrected chi connectivity index (χ3v) is 4.64. The van der Waals surface area contributed by atoms with E-state index in [1.165, 1.54) is 0 Å². The number of nitrogens with one attached hydrogen (secondary N) is 2. The van der Waals surface area contributed by atoms with Gasteiger partial charge in [-0.3, -0.25) is 14.4 Å². The molecular formula is C19H27N3O3. The maximum atomic E-state index is 12.2. The number of rotatable bonds is 7. The van der Waals surface area contributed by atoms with Crippen LogP contribution in [-0.2, 0) is 16.1 Å². The van der Waals surface area contributed by atoms with Crippen LogP contribution in [0.1, 0.15) is 49.5 Å². The summed E-state index contributed by atoms with van der Waals surface area (Å²) in [4.78, 5) is 37.6. The summed E-state index contributed by atoms with van der Waals surface area (Å²) in [6.07, 6.45) is 1.17. The number of hydrogen-bond acceptors (Lipinski definition) is 3. The van der Waals surface area contributed by atoms with E-state index in [1.54, 1.807) is 17.0 Å². The number of likely N-dealkylation sites (tertiary alicyclic amines) is 1. The van der Waals surface area contributed by atoms with Crippen molar-refractivity contribution in [2.24, 2.45) is 5.92 Å². The van der Waals surface area contributed by atoms with Crippen molar-refractivity contribution in [1.82, 2.24) is 15.5 Å². The predicted molar refractivity (Wildman–Crippen MR) is 95.9 cm³/mol. The highest BCUT2D eigenvalue weighted by molar-refractivity contribution is 5.94. The molecule has 2 rings (SSSR count). The Balaban J connectivity index is 1.84. The van der Waals surface area contributed by atoms with E-state index in [0.29, 0.717) is 25.2 Å². The van der Waals surface area contributed by atoms with Gasteiger partial charge in [-0.05, 0) is 38.0 Å². The van der Waals surface area contributed by atoms with Crippen LogP contribution in [0.5, 0.6) is 0 Å². The van der Waals surface area contributed by atoms with Gasteiger partial charge in [-0.25, -0.2) is 0 Å². The second-order valence-electron chi connectivity index (χ2n) is 6.53. The van der Waals surface area contributed by atoms with Crippen LogP contribution in [0.25, 0.3) is 0 Å². The van der Waals surface area contributed by atoms with E-state index in [2.05, 4.69) is 10.6 Å². The van der Waals surface area contributed by atoms with E-state index in [1.807, 2.05) is 32.9 Å². The zero-order valence-electron chi connectivity index (χ0n) is 15.2. The van der Waals surface area contributed by atoms with Crippen LogP contribution in [0.15, 0.2) is 24.3 Å². The van der Waals surface area contributed by atoms with Crippen molar-refractivity contribution in [3.8, 4) is 0 Å². The molecule has 3 amide bonds. The lowest BCUT2D eigenvalue weighted by atomic mass is 10.1. The fourth-order valence-corrected chi connectivity index (χ4v) is 2.77. The molecule has 0 saturated carbocycles. The summed E-state index contributed by atoms with van der Waals surface area (Å²) in [6.45, 7) is 7.43. The Labute approximate surface area is 149 Å². The van der Waals surface area contributed by atoms with Gasteiger partial charge in [0.1, 0.15) is 0 Å². The minimum absolute atomic E-state index is 0.0410. The normalized spacial score (nSPS) is 18.1. The molecule has 0 bridgehead atoms. The molecule has 0 spiro atoms. The van der Waals surface area contributed by atoms with Gasteiger partial charge in [0, 0.05) is 37.7 Å². The van der Waals surface area contributed by atoms with Crippen LogP contribution >= 0.6 is 0 Å². The minimum Gasteiger partial charge on any atom is -0.352 e. The topological polar surface area (TPSA) is 78.5 Å². The number of carbonyl (C=O) groups is 3. The van der Waals surface area contributed by atoms with Gasteiger partial charge in [0.2, 0.25) is 11.8 Å². The largest absolute Gasteiger partial charge is 0.352 e. The molecule has 6 nitrogen and oxygen atoms in total. The van der Waals surface area contributed by atoms with E-state index in [-0.39, 0.29) is 36.1 Å². The molecule has 1 aromatic rings. The fraction of sp³-hybridized carbons (Fsp3) is 0.526. The molecule has 1 fully saturated rings. The second kappa shape index (κ2) is 8.65. The summed E-state index contributed by atoms with van der Waals surface area (Å²) >= 11 is 0. The minimum atomic E-state index is -0.270. The Morgan fingerprint density at radius 3 is 2.48 bits per heavy atom. The van der Waals surface area contributed by atoms with Crippen molar-refractivity contribution in [2.45, 2.75) is 46.2 Å². The van der Waals surface area contributed by atoms with Crippen molar-refractivity contribution in [2.75, 3.05) is 13.1 Å². The third-order valence-electron chi connectivity index (χ3n) is 4.64. The summed E-state index contributed by atoms with van der Waals surface area (Å²) < 4.78 is 0. The van der Waals surface area contributed by atoms with Crippen LogP contribution < -0.4 is 10.6 Å². The molecule has 25 heavy (non-hydrogen) atoms. The quantitative estimate of drug-likeness (QED) is 0.789. The molecule has 0 radical (unpaired) electrons. The van der Waals surface area contributed by atoms with E-state index < -0.39 is 0 Å². The fourth-order valence-electron chi connectivity index (χ4n) is 2.77. The molecule has 1 saturated heterocycles. The maximum Gasteiger partial charge on any atom is 0.251 e. The lowest BCUT2D eigenvalue weighted by Gasteiger charge is -2.14. The molecule has 1 heterocycles. The van der Waals surface area contributed by atoms with Gasteiger partial charge in [-0.1, -0.05) is 19.1 Å². The summed E-state index contributed by atoms with van der Waals surface area (Å²) in [5.41, 5.74) is 1.53. The first kappa shape index (κ1) is 19.0. The van der Waals surface area contributed by atoms with Crippen molar-refractivity contribution < 1.29 is 14.4 Å². The summed E-state index contributed by atoms with van der Waals surface area (Å²) in [5, 5.41) is 5.80. The zero-order chi connectivity index (χ0) is 18.4. The Morgan fingerprint density at radius 1 is 1.24 bits per heavy atom. The molecule has 1 aliphatic heterocycles. The molecule has 2 atom stereocenters. The maximum absolute atomic E-state index is 12.2. The molecular weight excluding hydrogens is 318 g/mol. The van der Waals surface area contributed by atoms with Crippen LogP contribution in [-0.4, -0.2) is 41.8 Å². The highest BCUT2D eigenvalue weighted by Gasteiger charge is 2.33. The number of hydrogen-bond donors (Lipinski definition) is 2. The monoisotopic (exact) mass is 345 g/mol. The Bertz CT molecular complexity index is 627. The molecule has 136 valence electrons. The predicted octanol–water partition coefficient (Wildman–Crippen LogP) is 1.70. The summed E-state index contributed by atoms with van der Waals surface area (Å²) in [7, 11) is 0. The van der Waals surface area contributed by atoms with Crippen molar-refractivity contribution in [1.29, 1.82) is 0 Å². The van der Waals surface area contributed by atoms with Crippen LogP contribution in [0.3, 0.4) is 0 Å². The average molecular weight is 345 g/mol. The zero-order valence-corrected chi connectivity index (χ0v) is 15.2. The molecule has 0 unspecified atom stereocenters. The SMILES string of the molecule is CC[C@@H](C)NC(=O)c1ccc(CNC(=O)[C@H]2CC(=O)N(CC)C2)cc1. The van der Waals surface area contributed by atoms with E-state index in [4.69, 9.17) is 0 Å². The second-order valence-corrected chi connectivity index (χ2v) is 6.53. The van der Waals surface area contributed by atoms with Gasteiger partial charge in [0.25, 0.3) is 5.91 Å². The highest BCUT2D eigenvalue weighted by Crippen LogP contribution is 2.17. The molecule has 2 N–H and O–H groups in total. The van der Waals surface area contributed by atoms with Gasteiger partial charge in [-0.2, -0.15) is 0 Å². The summed E-state index contributed by atoms with van der Waals surface area (Å²) in [6, 6.07) is 7.34. The lowest BCUT2D eigenvalue weighted by Crippen LogP contribution is -2.33. The van der Waals surface area contributed by atoms with Gasteiger partial charge in [-0.15, -0.1) is 0 Å². The van der Waals surface area contributed by atoms with Gasteiger partial charge >= 0.3 is 0 Å². The Morgan fingerprint density at radius 2 is 1.92 bits per heavy atom. The average Bonchev–Trinajstić information content (AvgIpc) is 3.00. The number of nitrogens with zero attached hydrogens (tertiary/aromatic N) is 1. The molecule has 1 aromatic carbocycles. The first-order valence-electron chi connectivity index (χ1n) is 8.89. The summed E-state index contributed by atoms with van der Waals surface area (Å²) in [5.74, 6) is -0.413. The lowest BCUT2D eigenvalue weighted by molar-refractivity contribution is -0.128. The van der Waals surface area contributed by atoms with E-state index in [9.17, 15) is 14.4 Å². The number of amides is 3. The van der Waals surface area contributed by atoms with Gasteiger partial charge < -0.3 is 15.5 Å². The molecule has 0 aliphatic carbocycles. The number of benzene rings is 1. The van der Waals surface area contributed by atoms with Crippen LogP contribution in [0, 0.1) is 5.92 Å². The van der Waals surface area contributed by atoms with Crippen molar-refractivity contribution in [3.63, 3.8) is 0 Å². The van der Waals surface area contributed by atoms with Crippen molar-refractivity contribution in [3.05, 3.63) is 35.4 Å². The van der Waals surface area contributed by atoms with Gasteiger partial charge in [0.15, 0.2) is 0 Å². The van der Waals surface area contributed by atoms with E-state index >= 15 is 0 Å². The van der Waals surface area contributed by atoms with Gasteiger partial charge in [0.05, 0.1) is 5.92 Å². The molecule has 6 heteroatoms.